The lowest BCUT2D eigenvalue weighted by Crippen LogP contribution is -2.38. The van der Waals surface area contributed by atoms with Crippen molar-refractivity contribution in [2.75, 3.05) is 31.2 Å². The molecule has 0 radical (unpaired) electrons. The van der Waals surface area contributed by atoms with E-state index in [2.05, 4.69) is 16.0 Å². The van der Waals surface area contributed by atoms with Gasteiger partial charge >= 0.3 is 11.9 Å². The Morgan fingerprint density at radius 2 is 2.24 bits per heavy atom. The number of anilines is 1. The number of terminal acetylenes is 1. The van der Waals surface area contributed by atoms with Crippen LogP contribution in [0.1, 0.15) is 0 Å². The molecule has 0 aliphatic carbocycles. The number of nitrogens with zero attached hydrogens (tertiary/aromatic N) is 5. The van der Waals surface area contributed by atoms with E-state index in [9.17, 15) is 10.1 Å². The van der Waals surface area contributed by atoms with E-state index in [-0.39, 0.29) is 6.54 Å². The molecule has 8 heteroatoms. The van der Waals surface area contributed by atoms with E-state index >= 15 is 0 Å². The molecule has 0 unspecified atom stereocenters. The molecule has 90 valence electrons. The van der Waals surface area contributed by atoms with Crippen LogP contribution in [0.2, 0.25) is 0 Å². The third kappa shape index (κ3) is 2.34. The van der Waals surface area contributed by atoms with E-state index in [1.54, 1.807) is 0 Å². The smallest absolute Gasteiger partial charge is 0.390 e. The van der Waals surface area contributed by atoms with Crippen LogP contribution in [0.4, 0.5) is 11.9 Å². The number of rotatable bonds is 3. The van der Waals surface area contributed by atoms with Gasteiger partial charge < -0.3 is 19.8 Å². The van der Waals surface area contributed by atoms with E-state index in [0.29, 0.717) is 32.3 Å². The standard InChI is InChI=1S/C9H11N5O3/c1-2-3-13-9(10-8(11-13)14(15)16)12-4-6-17-7-5-12/h1H,3-7H2. The van der Waals surface area contributed by atoms with Crippen molar-refractivity contribution in [2.45, 2.75) is 6.54 Å². The molecule has 0 bridgehead atoms. The Balaban J connectivity index is 2.29. The van der Waals surface area contributed by atoms with Crippen molar-refractivity contribution in [2.24, 2.45) is 0 Å². The molecule has 1 fully saturated rings. The van der Waals surface area contributed by atoms with Crippen LogP contribution in [0.15, 0.2) is 0 Å². The zero-order valence-electron chi connectivity index (χ0n) is 9.07. The summed E-state index contributed by atoms with van der Waals surface area (Å²) in [5, 5.41) is 14.4. The minimum absolute atomic E-state index is 0.160. The van der Waals surface area contributed by atoms with Crippen LogP contribution in [-0.2, 0) is 11.3 Å². The number of ether oxygens (including phenoxy) is 1. The summed E-state index contributed by atoms with van der Waals surface area (Å²) >= 11 is 0. The molecule has 0 spiro atoms. The SMILES string of the molecule is C#CCn1nc([N+](=O)[O-])nc1N1CCOCC1. The number of nitro groups is 1. The van der Waals surface area contributed by atoms with Gasteiger partial charge in [-0.15, -0.1) is 11.1 Å². The first-order valence-electron chi connectivity index (χ1n) is 5.08. The normalized spacial score (nSPS) is 15.6. The van der Waals surface area contributed by atoms with Crippen LogP contribution in [0, 0.1) is 22.5 Å². The first kappa shape index (κ1) is 11.3. The van der Waals surface area contributed by atoms with E-state index in [1.807, 2.05) is 4.90 Å². The molecule has 1 aromatic heterocycles. The number of morpholine rings is 1. The van der Waals surface area contributed by atoms with Gasteiger partial charge in [0.25, 0.3) is 0 Å². The van der Waals surface area contributed by atoms with Crippen molar-refractivity contribution in [3.8, 4) is 12.3 Å². The molecule has 1 aromatic rings. The van der Waals surface area contributed by atoms with Gasteiger partial charge in [-0.25, -0.2) is 0 Å². The van der Waals surface area contributed by atoms with Crippen molar-refractivity contribution < 1.29 is 9.66 Å². The molecule has 0 aromatic carbocycles. The summed E-state index contributed by atoms with van der Waals surface area (Å²) in [7, 11) is 0. The monoisotopic (exact) mass is 237 g/mol. The molecule has 0 N–H and O–H groups in total. The van der Waals surface area contributed by atoms with Gasteiger partial charge in [-0.05, 0) is 9.91 Å². The first-order chi connectivity index (χ1) is 8.22. The highest BCUT2D eigenvalue weighted by Crippen LogP contribution is 2.16. The Hall–Kier alpha value is -2.14. The largest absolute Gasteiger partial charge is 0.493 e. The molecule has 0 atom stereocenters. The van der Waals surface area contributed by atoms with Gasteiger partial charge in [-0.2, -0.15) is 0 Å². The number of hydrogen-bond acceptors (Lipinski definition) is 6. The Morgan fingerprint density at radius 1 is 1.53 bits per heavy atom. The van der Waals surface area contributed by atoms with Gasteiger partial charge in [0.2, 0.25) is 0 Å². The van der Waals surface area contributed by atoms with Crippen molar-refractivity contribution in [3.05, 3.63) is 10.1 Å². The average molecular weight is 237 g/mol. The average Bonchev–Trinajstić information content (AvgIpc) is 2.75. The van der Waals surface area contributed by atoms with Crippen LogP contribution >= 0.6 is 0 Å². The lowest BCUT2D eigenvalue weighted by Gasteiger charge is -2.24. The van der Waals surface area contributed by atoms with Crippen molar-refractivity contribution in [1.29, 1.82) is 0 Å². The Labute approximate surface area is 97.3 Å². The van der Waals surface area contributed by atoms with Crippen molar-refractivity contribution in [3.63, 3.8) is 0 Å². The summed E-state index contributed by atoms with van der Waals surface area (Å²) in [5.41, 5.74) is 0. The molecule has 0 amide bonds. The quantitative estimate of drug-likeness (QED) is 0.406. The molecule has 8 nitrogen and oxygen atoms in total. The minimum Gasteiger partial charge on any atom is -0.390 e. The Kier molecular flexibility index (Phi) is 3.20. The van der Waals surface area contributed by atoms with E-state index in [1.165, 1.54) is 4.68 Å². The lowest BCUT2D eigenvalue weighted by molar-refractivity contribution is -0.394. The van der Waals surface area contributed by atoms with Gasteiger partial charge in [0.05, 0.1) is 13.2 Å². The number of hydrogen-bond donors (Lipinski definition) is 0. The van der Waals surface area contributed by atoms with Gasteiger partial charge in [-0.1, -0.05) is 5.92 Å². The maximum Gasteiger partial charge on any atom is 0.493 e. The second kappa shape index (κ2) is 4.80. The molecular formula is C9H11N5O3. The van der Waals surface area contributed by atoms with Crippen molar-refractivity contribution >= 4 is 11.9 Å². The van der Waals surface area contributed by atoms with Gasteiger partial charge in [0.15, 0.2) is 0 Å². The van der Waals surface area contributed by atoms with Gasteiger partial charge in [-0.3, -0.25) is 0 Å². The van der Waals surface area contributed by atoms with Crippen molar-refractivity contribution in [1.82, 2.24) is 14.8 Å². The second-order valence-corrected chi connectivity index (χ2v) is 3.43. The van der Waals surface area contributed by atoms with Gasteiger partial charge in [0.1, 0.15) is 6.54 Å². The molecule has 1 saturated heterocycles. The third-order valence-electron chi connectivity index (χ3n) is 2.34. The van der Waals surface area contributed by atoms with E-state index in [0.717, 1.165) is 0 Å². The molecule has 1 aliphatic heterocycles. The molecular weight excluding hydrogens is 226 g/mol. The molecule has 0 saturated carbocycles. The third-order valence-corrected chi connectivity index (χ3v) is 2.34. The summed E-state index contributed by atoms with van der Waals surface area (Å²) < 4.78 is 6.57. The Morgan fingerprint density at radius 3 is 2.82 bits per heavy atom. The predicted molar refractivity (Wildman–Crippen MR) is 58.5 cm³/mol. The highest BCUT2D eigenvalue weighted by Gasteiger charge is 2.26. The van der Waals surface area contributed by atoms with E-state index in [4.69, 9.17) is 11.2 Å². The van der Waals surface area contributed by atoms with Crippen LogP contribution in [0.25, 0.3) is 0 Å². The predicted octanol–water partition coefficient (Wildman–Crippen LogP) is -0.344. The Bertz CT molecular complexity index is 458. The molecule has 2 rings (SSSR count). The zero-order valence-corrected chi connectivity index (χ0v) is 9.07. The highest BCUT2D eigenvalue weighted by molar-refractivity contribution is 5.34. The fourth-order valence-corrected chi connectivity index (χ4v) is 1.59. The fraction of sp³-hybridized carbons (Fsp3) is 0.556. The maximum absolute atomic E-state index is 10.6. The lowest BCUT2D eigenvalue weighted by atomic mass is 10.4. The minimum atomic E-state index is -0.628. The summed E-state index contributed by atoms with van der Waals surface area (Å²) in [6.07, 6.45) is 5.19. The maximum atomic E-state index is 10.6. The molecule has 17 heavy (non-hydrogen) atoms. The van der Waals surface area contributed by atoms with Crippen LogP contribution in [0.5, 0.6) is 0 Å². The zero-order chi connectivity index (χ0) is 12.3. The van der Waals surface area contributed by atoms with E-state index < -0.39 is 10.9 Å². The topological polar surface area (TPSA) is 86.3 Å². The van der Waals surface area contributed by atoms with Crippen LogP contribution in [-0.4, -0.2) is 46.0 Å². The van der Waals surface area contributed by atoms with Crippen LogP contribution < -0.4 is 4.90 Å². The summed E-state index contributed by atoms with van der Waals surface area (Å²) in [5.74, 6) is 2.40. The summed E-state index contributed by atoms with van der Waals surface area (Å²) in [4.78, 5) is 15.8. The van der Waals surface area contributed by atoms with Gasteiger partial charge in [0, 0.05) is 18.2 Å². The number of aromatic nitrogens is 3. The highest BCUT2D eigenvalue weighted by atomic mass is 16.6. The summed E-state index contributed by atoms with van der Waals surface area (Å²) in [6, 6.07) is 0. The second-order valence-electron chi connectivity index (χ2n) is 3.43. The first-order valence-corrected chi connectivity index (χ1v) is 5.08. The fourth-order valence-electron chi connectivity index (χ4n) is 1.59. The molecule has 2 heterocycles. The molecule has 1 aliphatic rings. The summed E-state index contributed by atoms with van der Waals surface area (Å²) in [6.45, 7) is 2.54. The van der Waals surface area contributed by atoms with Crippen LogP contribution in [0.3, 0.4) is 0 Å².